The van der Waals surface area contributed by atoms with Crippen LogP contribution in [0.4, 0.5) is 4.79 Å². The number of nitrogens with one attached hydrogen (secondary N) is 2. The Labute approximate surface area is 194 Å². The van der Waals surface area contributed by atoms with Crippen LogP contribution in [0.25, 0.3) is 0 Å². The van der Waals surface area contributed by atoms with Gasteiger partial charge in [0.15, 0.2) is 0 Å². The molecule has 1 saturated heterocycles. The van der Waals surface area contributed by atoms with Gasteiger partial charge in [-0.05, 0) is 24.1 Å². The molecule has 0 spiro atoms. The number of carbonyl (C=O) groups is 3. The van der Waals surface area contributed by atoms with Crippen molar-refractivity contribution in [3.63, 3.8) is 0 Å². The van der Waals surface area contributed by atoms with Crippen LogP contribution in [-0.4, -0.2) is 29.3 Å². The zero-order valence-corrected chi connectivity index (χ0v) is 19.0. The molecular weight excluding hydrogens is 470 g/mol. The van der Waals surface area contributed by atoms with Gasteiger partial charge in [-0.25, -0.2) is 4.79 Å². The van der Waals surface area contributed by atoms with Gasteiger partial charge in [0.05, 0.1) is 6.04 Å². The summed E-state index contributed by atoms with van der Waals surface area (Å²) in [7, 11) is 0. The zero-order chi connectivity index (χ0) is 22.7. The molecule has 7 heteroatoms. The minimum Gasteiger partial charge on any atom is -0.344 e. The van der Waals surface area contributed by atoms with Crippen molar-refractivity contribution in [3.8, 4) is 0 Å². The molecule has 1 fully saturated rings. The van der Waals surface area contributed by atoms with Gasteiger partial charge in [-0.15, -0.1) is 0 Å². The standard InChI is InChI=1S/C25H22BrN3O3/c1-25(19-14-8-9-15-20(19)26)23(31)29(24(32)28-25)16-21(30)27-22(17-10-4-2-5-11-17)18-12-6-3-7-13-18/h2-15,22H,16H2,1H3,(H,27,30)(H,28,32)/t25-/m0/s1. The lowest BCUT2D eigenvalue weighted by atomic mass is 9.92. The third-order valence-electron chi connectivity index (χ3n) is 5.56. The Morgan fingerprint density at radius 3 is 2.03 bits per heavy atom. The molecule has 0 unspecified atom stereocenters. The van der Waals surface area contributed by atoms with Crippen molar-refractivity contribution in [1.29, 1.82) is 0 Å². The van der Waals surface area contributed by atoms with Gasteiger partial charge in [0.2, 0.25) is 5.91 Å². The summed E-state index contributed by atoms with van der Waals surface area (Å²) in [6.45, 7) is 1.27. The first kappa shape index (κ1) is 21.8. The van der Waals surface area contributed by atoms with E-state index in [1.165, 1.54) is 0 Å². The smallest absolute Gasteiger partial charge is 0.325 e. The van der Waals surface area contributed by atoms with Gasteiger partial charge in [0, 0.05) is 10.0 Å². The van der Waals surface area contributed by atoms with E-state index in [9.17, 15) is 14.4 Å². The summed E-state index contributed by atoms with van der Waals surface area (Å²) in [4.78, 5) is 39.8. The maximum atomic E-state index is 13.2. The van der Waals surface area contributed by atoms with Crippen LogP contribution in [0.3, 0.4) is 0 Å². The lowest BCUT2D eigenvalue weighted by Crippen LogP contribution is -2.44. The van der Waals surface area contributed by atoms with Crippen molar-refractivity contribution < 1.29 is 14.4 Å². The van der Waals surface area contributed by atoms with Crippen molar-refractivity contribution in [2.75, 3.05) is 6.54 Å². The number of rotatable bonds is 6. The molecule has 0 aliphatic carbocycles. The van der Waals surface area contributed by atoms with Crippen LogP contribution in [0.15, 0.2) is 89.4 Å². The van der Waals surface area contributed by atoms with Crippen LogP contribution in [0.5, 0.6) is 0 Å². The second kappa shape index (κ2) is 8.96. The molecule has 0 saturated carbocycles. The highest BCUT2D eigenvalue weighted by Crippen LogP contribution is 2.33. The minimum absolute atomic E-state index is 0.374. The number of carbonyl (C=O) groups excluding carboxylic acids is 3. The number of hydrogen-bond donors (Lipinski definition) is 2. The molecule has 4 rings (SSSR count). The summed E-state index contributed by atoms with van der Waals surface area (Å²) in [6, 6.07) is 25.3. The van der Waals surface area contributed by atoms with Gasteiger partial charge in [-0.3, -0.25) is 14.5 Å². The number of urea groups is 1. The van der Waals surface area contributed by atoms with E-state index >= 15 is 0 Å². The van der Waals surface area contributed by atoms with E-state index in [4.69, 9.17) is 0 Å². The van der Waals surface area contributed by atoms with Crippen LogP contribution in [0, 0.1) is 0 Å². The Balaban J connectivity index is 1.55. The lowest BCUT2D eigenvalue weighted by Gasteiger charge is -2.24. The van der Waals surface area contributed by atoms with Gasteiger partial charge in [0.25, 0.3) is 5.91 Å². The van der Waals surface area contributed by atoms with E-state index in [0.29, 0.717) is 10.0 Å². The number of imide groups is 1. The lowest BCUT2D eigenvalue weighted by molar-refractivity contribution is -0.135. The van der Waals surface area contributed by atoms with Gasteiger partial charge >= 0.3 is 6.03 Å². The van der Waals surface area contributed by atoms with Crippen molar-refractivity contribution in [1.82, 2.24) is 15.5 Å². The molecule has 3 aromatic rings. The highest BCUT2D eigenvalue weighted by molar-refractivity contribution is 9.10. The van der Waals surface area contributed by atoms with Crippen molar-refractivity contribution >= 4 is 33.8 Å². The first-order valence-electron chi connectivity index (χ1n) is 10.2. The second-order valence-corrected chi connectivity index (χ2v) is 8.60. The van der Waals surface area contributed by atoms with Crippen molar-refractivity contribution in [2.24, 2.45) is 0 Å². The third-order valence-corrected chi connectivity index (χ3v) is 6.25. The average molecular weight is 492 g/mol. The number of benzene rings is 3. The number of nitrogens with zero attached hydrogens (tertiary/aromatic N) is 1. The quantitative estimate of drug-likeness (QED) is 0.509. The number of halogens is 1. The Kier molecular flexibility index (Phi) is 6.10. The Hall–Kier alpha value is -3.45. The average Bonchev–Trinajstić information content (AvgIpc) is 3.02. The van der Waals surface area contributed by atoms with Crippen molar-refractivity contribution in [3.05, 3.63) is 106 Å². The summed E-state index contributed by atoms with van der Waals surface area (Å²) in [5.74, 6) is -0.900. The van der Waals surface area contributed by atoms with Crippen LogP contribution in [0.1, 0.15) is 29.7 Å². The number of amides is 4. The van der Waals surface area contributed by atoms with E-state index in [1.807, 2.05) is 66.7 Å². The fourth-order valence-electron chi connectivity index (χ4n) is 3.89. The van der Waals surface area contributed by atoms with Crippen LogP contribution < -0.4 is 10.6 Å². The molecule has 2 N–H and O–H groups in total. The van der Waals surface area contributed by atoms with Crippen LogP contribution >= 0.6 is 15.9 Å². The molecule has 162 valence electrons. The Morgan fingerprint density at radius 1 is 0.938 bits per heavy atom. The molecule has 1 heterocycles. The summed E-state index contributed by atoms with van der Waals surface area (Å²) >= 11 is 3.44. The maximum Gasteiger partial charge on any atom is 0.325 e. The molecule has 1 aliphatic rings. The van der Waals surface area contributed by atoms with E-state index in [2.05, 4.69) is 26.6 Å². The Bertz CT molecular complexity index is 1110. The molecule has 1 atom stereocenters. The SMILES string of the molecule is C[C@@]1(c2ccccc2Br)NC(=O)N(CC(=O)NC(c2ccccc2)c2ccccc2)C1=O. The largest absolute Gasteiger partial charge is 0.344 e. The zero-order valence-electron chi connectivity index (χ0n) is 17.4. The van der Waals surface area contributed by atoms with Gasteiger partial charge in [-0.1, -0.05) is 94.8 Å². The number of hydrogen-bond acceptors (Lipinski definition) is 3. The van der Waals surface area contributed by atoms with E-state index in [1.54, 1.807) is 25.1 Å². The molecular formula is C25H22BrN3O3. The highest BCUT2D eigenvalue weighted by atomic mass is 79.9. The van der Waals surface area contributed by atoms with E-state index < -0.39 is 29.4 Å². The summed E-state index contributed by atoms with van der Waals surface area (Å²) in [6.07, 6.45) is 0. The van der Waals surface area contributed by atoms with Gasteiger partial charge in [0.1, 0.15) is 12.1 Å². The summed E-state index contributed by atoms with van der Waals surface area (Å²) in [5, 5.41) is 5.71. The molecule has 0 aromatic heterocycles. The second-order valence-electron chi connectivity index (χ2n) is 7.75. The first-order valence-corrected chi connectivity index (χ1v) is 11.0. The molecule has 6 nitrogen and oxygen atoms in total. The topological polar surface area (TPSA) is 78.5 Å². The molecule has 32 heavy (non-hydrogen) atoms. The van der Waals surface area contributed by atoms with Crippen LogP contribution in [0.2, 0.25) is 0 Å². The maximum absolute atomic E-state index is 13.2. The molecule has 1 aliphatic heterocycles. The highest BCUT2D eigenvalue weighted by Gasteiger charge is 2.50. The van der Waals surface area contributed by atoms with Gasteiger partial charge < -0.3 is 10.6 Å². The predicted molar refractivity (Wildman–Crippen MR) is 125 cm³/mol. The summed E-state index contributed by atoms with van der Waals surface area (Å²) < 4.78 is 0.704. The first-order chi connectivity index (χ1) is 15.4. The van der Waals surface area contributed by atoms with Crippen molar-refractivity contribution in [2.45, 2.75) is 18.5 Å². The predicted octanol–water partition coefficient (Wildman–Crippen LogP) is 4.12. The van der Waals surface area contributed by atoms with Gasteiger partial charge in [-0.2, -0.15) is 0 Å². The molecule has 0 radical (unpaired) electrons. The molecule has 4 amide bonds. The van der Waals surface area contributed by atoms with Crippen LogP contribution in [-0.2, 0) is 15.1 Å². The van der Waals surface area contributed by atoms with E-state index in [-0.39, 0.29) is 6.54 Å². The fourth-order valence-corrected chi connectivity index (χ4v) is 4.57. The minimum atomic E-state index is -1.25. The Morgan fingerprint density at radius 2 is 1.47 bits per heavy atom. The normalized spacial score (nSPS) is 18.0. The summed E-state index contributed by atoms with van der Waals surface area (Å²) in [5.41, 5.74) is 1.19. The monoisotopic (exact) mass is 491 g/mol. The van der Waals surface area contributed by atoms with E-state index in [0.717, 1.165) is 16.0 Å². The fraction of sp³-hybridized carbons (Fsp3) is 0.160. The molecule has 0 bridgehead atoms. The third kappa shape index (κ3) is 4.16. The molecule has 3 aromatic carbocycles.